The van der Waals surface area contributed by atoms with E-state index >= 15 is 0 Å². The second kappa shape index (κ2) is 18.0. The molecule has 6 nitrogen and oxygen atoms in total. The average molecular weight is 605 g/mol. The maximum atomic E-state index is 11.4. The Morgan fingerprint density at radius 2 is 0.895 bits per heavy atom. The van der Waals surface area contributed by atoms with Crippen LogP contribution >= 0.6 is 0 Å². The van der Waals surface area contributed by atoms with Gasteiger partial charge in [0.1, 0.15) is 0 Å². The Kier molecular flexibility index (Phi) is 17.7. The van der Waals surface area contributed by atoms with E-state index in [0.717, 1.165) is 4.13 Å². The molecule has 0 aromatic rings. The second-order valence-electron chi connectivity index (χ2n) is 10.4. The van der Waals surface area contributed by atoms with Crippen molar-refractivity contribution >= 4 is 20.0 Å². The van der Waals surface area contributed by atoms with Crippen LogP contribution in [0.25, 0.3) is 4.13 Å². The van der Waals surface area contributed by atoms with E-state index in [-0.39, 0.29) is 0 Å². The van der Waals surface area contributed by atoms with Crippen LogP contribution in [0.3, 0.4) is 0 Å². The van der Waals surface area contributed by atoms with Crippen molar-refractivity contribution in [3.05, 3.63) is 4.13 Å². The van der Waals surface area contributed by atoms with Crippen LogP contribution in [-0.2, 0) is 20.0 Å². The quantitative estimate of drug-likeness (QED) is 0.0953. The number of unbranched alkanes of at least 4 members (excludes halogenated alkanes) is 13. The average Bonchev–Trinajstić information content (AvgIpc) is 2.78. The molecule has 1 rings (SSSR count). The third kappa shape index (κ3) is 16.5. The summed E-state index contributed by atoms with van der Waals surface area (Å²) in [7, 11) is -11.0. The molecule has 0 spiro atoms. The zero-order valence-electron chi connectivity index (χ0n) is 22.8. The van der Waals surface area contributed by atoms with Crippen molar-refractivity contribution in [2.45, 2.75) is 127 Å². The van der Waals surface area contributed by atoms with E-state index in [1.807, 2.05) is 0 Å². The summed E-state index contributed by atoms with van der Waals surface area (Å²) in [5, 5.41) is 0. The summed E-state index contributed by atoms with van der Waals surface area (Å²) < 4.78 is 111. The van der Waals surface area contributed by atoms with Crippen LogP contribution in [0.5, 0.6) is 0 Å². The predicted molar refractivity (Wildman–Crippen MR) is 138 cm³/mol. The van der Waals surface area contributed by atoms with Crippen LogP contribution in [0.15, 0.2) is 0 Å². The van der Waals surface area contributed by atoms with Gasteiger partial charge in [-0.3, -0.25) is 0 Å². The molecule has 0 N–H and O–H groups in total. The Labute approximate surface area is 225 Å². The van der Waals surface area contributed by atoms with Gasteiger partial charge in [0.15, 0.2) is 20.0 Å². The van der Waals surface area contributed by atoms with Crippen LogP contribution in [0.4, 0.5) is 26.3 Å². The lowest BCUT2D eigenvalue weighted by Crippen LogP contribution is -2.48. The molecular weight excluding hydrogens is 558 g/mol. The fraction of sp³-hybridized carbons (Fsp3) is 1.00. The number of halogens is 6. The molecule has 1 fully saturated rings. The number of rotatable bonds is 17. The van der Waals surface area contributed by atoms with Crippen molar-refractivity contribution in [2.75, 3.05) is 26.7 Å². The molecule has 0 radical (unpaired) electrons. The molecule has 1 heterocycles. The van der Waals surface area contributed by atoms with Gasteiger partial charge in [0.05, 0.1) is 26.7 Å². The number of hydrogen-bond donors (Lipinski definition) is 0. The fourth-order valence-electron chi connectivity index (χ4n) is 4.40. The third-order valence-corrected chi connectivity index (χ3v) is 9.47. The van der Waals surface area contributed by atoms with Gasteiger partial charge in [0.25, 0.3) is 0 Å². The first kappa shape index (κ1) is 37.4. The summed E-state index contributed by atoms with van der Waals surface area (Å²) in [6.45, 7) is 6.63. The standard InChI is InChI=1S/C22H46N.C2F6NO4S2/c1-3-4-5-6-7-8-9-10-11-12-13-14-15-17-20-23(2)21-18-16-19-22-23;3-1(4,5)14(10,11)9-15(12,13)2(6,7)8/h3-22H2,1-2H3;/q+1;-1. The van der Waals surface area contributed by atoms with Crippen molar-refractivity contribution in [2.24, 2.45) is 0 Å². The monoisotopic (exact) mass is 604 g/mol. The number of sulfonamides is 2. The smallest absolute Gasteiger partial charge is 0.421 e. The van der Waals surface area contributed by atoms with Gasteiger partial charge < -0.3 is 8.61 Å². The van der Waals surface area contributed by atoms with Gasteiger partial charge in [-0.15, -0.1) is 0 Å². The number of nitrogens with zero attached hydrogens (tertiary/aromatic N) is 2. The van der Waals surface area contributed by atoms with E-state index in [1.165, 1.54) is 133 Å². The van der Waals surface area contributed by atoms with E-state index in [1.54, 1.807) is 0 Å². The molecule has 0 amide bonds. The predicted octanol–water partition coefficient (Wildman–Crippen LogP) is 8.16. The number of hydrogen-bond acceptors (Lipinski definition) is 4. The highest BCUT2D eigenvalue weighted by molar-refractivity contribution is 8.13. The minimum absolute atomic E-state index is 0.778. The Hall–Kier alpha value is -0.600. The second-order valence-corrected chi connectivity index (χ2v) is 13.8. The molecule has 0 atom stereocenters. The molecule has 0 aliphatic carbocycles. The lowest BCUT2D eigenvalue weighted by atomic mass is 10.0. The van der Waals surface area contributed by atoms with E-state index < -0.39 is 31.1 Å². The van der Waals surface area contributed by atoms with Gasteiger partial charge >= 0.3 is 11.0 Å². The molecule has 0 saturated carbocycles. The highest BCUT2D eigenvalue weighted by Crippen LogP contribution is 2.36. The Morgan fingerprint density at radius 1 is 0.579 bits per heavy atom. The Balaban J connectivity index is 0.000000793. The summed E-state index contributed by atoms with van der Waals surface area (Å²) in [6, 6.07) is 0. The van der Waals surface area contributed by atoms with Crippen molar-refractivity contribution in [1.82, 2.24) is 0 Å². The molecule has 1 aliphatic rings. The first-order valence-corrected chi connectivity index (χ1v) is 16.6. The minimum atomic E-state index is -6.72. The topological polar surface area (TPSA) is 82.4 Å². The lowest BCUT2D eigenvalue weighted by Gasteiger charge is -2.37. The molecule has 0 aromatic carbocycles. The Bertz CT molecular complexity index is 784. The molecule has 14 heteroatoms. The van der Waals surface area contributed by atoms with Gasteiger partial charge in [0, 0.05) is 0 Å². The molecule has 0 aromatic heterocycles. The molecule has 0 unspecified atom stereocenters. The number of piperidine rings is 1. The van der Waals surface area contributed by atoms with Crippen LogP contribution in [0.1, 0.15) is 116 Å². The zero-order valence-corrected chi connectivity index (χ0v) is 24.4. The van der Waals surface area contributed by atoms with Crippen LogP contribution in [0, 0.1) is 0 Å². The summed E-state index contributed by atoms with van der Waals surface area (Å²) in [5.74, 6) is 0. The number of alkyl halides is 6. The van der Waals surface area contributed by atoms with E-state index in [0.29, 0.717) is 0 Å². The molecule has 38 heavy (non-hydrogen) atoms. The van der Waals surface area contributed by atoms with E-state index in [2.05, 4.69) is 14.0 Å². The van der Waals surface area contributed by atoms with Gasteiger partial charge in [-0.2, -0.15) is 26.3 Å². The van der Waals surface area contributed by atoms with Gasteiger partial charge in [-0.05, 0) is 32.1 Å². The molecule has 1 saturated heterocycles. The minimum Gasteiger partial charge on any atom is -0.421 e. The SMILES string of the molecule is CCCCCCCCCCCCCCCC[N+]1(C)CCCCC1.O=S(=O)([N-]S(=O)(=O)C(F)(F)F)C(F)(F)F. The summed E-state index contributed by atoms with van der Waals surface area (Å²) in [4.78, 5) is 0. The largest absolute Gasteiger partial charge is 0.480 e. The van der Waals surface area contributed by atoms with Gasteiger partial charge in [0.2, 0.25) is 0 Å². The van der Waals surface area contributed by atoms with Crippen LogP contribution in [0.2, 0.25) is 0 Å². The van der Waals surface area contributed by atoms with Crippen LogP contribution in [-0.4, -0.2) is 59.0 Å². The van der Waals surface area contributed by atoms with Crippen LogP contribution < -0.4 is 0 Å². The van der Waals surface area contributed by atoms with Crippen molar-refractivity contribution < 1.29 is 47.7 Å². The zero-order chi connectivity index (χ0) is 29.3. The van der Waals surface area contributed by atoms with E-state index in [4.69, 9.17) is 0 Å². The Morgan fingerprint density at radius 3 is 1.21 bits per heavy atom. The highest BCUT2D eigenvalue weighted by atomic mass is 32.3. The summed E-state index contributed by atoms with van der Waals surface area (Å²) >= 11 is 0. The summed E-state index contributed by atoms with van der Waals surface area (Å²) in [5.41, 5.74) is -12.4. The maximum absolute atomic E-state index is 11.4. The lowest BCUT2D eigenvalue weighted by molar-refractivity contribution is -0.914. The fourth-order valence-corrected chi connectivity index (χ4v) is 6.11. The number of likely N-dealkylation sites (tertiary alicyclic amines) is 1. The molecular formula is C24H46F6N2O4S2. The van der Waals surface area contributed by atoms with Gasteiger partial charge in [-0.25, -0.2) is 16.8 Å². The molecule has 230 valence electrons. The van der Waals surface area contributed by atoms with Crippen molar-refractivity contribution in [3.8, 4) is 0 Å². The van der Waals surface area contributed by atoms with Gasteiger partial charge in [-0.1, -0.05) is 84.0 Å². The highest BCUT2D eigenvalue weighted by Gasteiger charge is 2.46. The molecule has 1 aliphatic heterocycles. The maximum Gasteiger partial charge on any atom is 0.480 e. The first-order valence-electron chi connectivity index (χ1n) is 13.7. The third-order valence-electron chi connectivity index (χ3n) is 6.73. The first-order chi connectivity index (χ1) is 17.5. The van der Waals surface area contributed by atoms with Crippen molar-refractivity contribution in [1.29, 1.82) is 0 Å². The van der Waals surface area contributed by atoms with Crippen molar-refractivity contribution in [3.63, 3.8) is 0 Å². The summed E-state index contributed by atoms with van der Waals surface area (Å²) in [6.07, 6.45) is 25.0. The molecule has 0 bridgehead atoms. The normalized spacial score (nSPS) is 16.6. The number of quaternary nitrogens is 1. The van der Waals surface area contributed by atoms with E-state index in [9.17, 15) is 43.2 Å².